The van der Waals surface area contributed by atoms with Crippen molar-refractivity contribution in [1.82, 2.24) is 9.55 Å². The van der Waals surface area contributed by atoms with Gasteiger partial charge >= 0.3 is 0 Å². The first-order valence-electron chi connectivity index (χ1n) is 7.28. The predicted molar refractivity (Wildman–Crippen MR) is 96.8 cm³/mol. The number of imidazole rings is 1. The second-order valence-electron chi connectivity index (χ2n) is 5.47. The van der Waals surface area contributed by atoms with Crippen molar-refractivity contribution in [3.8, 4) is 5.69 Å². The van der Waals surface area contributed by atoms with E-state index < -0.39 is 0 Å². The fourth-order valence-corrected chi connectivity index (χ4v) is 3.48. The summed E-state index contributed by atoms with van der Waals surface area (Å²) >= 11 is 9.98. The third kappa shape index (κ3) is 2.52. The number of aromatic nitrogens is 2. The lowest BCUT2D eigenvalue weighted by atomic mass is 10.0. The SMILES string of the molecule is Cc1cn2c(n1)CN=C(c1ccccc1Cl)c1cc(Br)ccc1-2. The molecule has 0 fully saturated rings. The largest absolute Gasteiger partial charge is 0.301 e. The molecule has 0 atom stereocenters. The summed E-state index contributed by atoms with van der Waals surface area (Å²) < 4.78 is 3.13. The highest BCUT2D eigenvalue weighted by Gasteiger charge is 2.21. The van der Waals surface area contributed by atoms with E-state index in [4.69, 9.17) is 16.6 Å². The van der Waals surface area contributed by atoms with E-state index in [2.05, 4.69) is 37.6 Å². The van der Waals surface area contributed by atoms with Crippen LogP contribution in [0.5, 0.6) is 0 Å². The van der Waals surface area contributed by atoms with Crippen molar-refractivity contribution in [2.75, 3.05) is 0 Å². The summed E-state index contributed by atoms with van der Waals surface area (Å²) in [7, 11) is 0. The van der Waals surface area contributed by atoms with E-state index in [1.807, 2.05) is 43.5 Å². The number of rotatable bonds is 1. The first-order chi connectivity index (χ1) is 11.1. The van der Waals surface area contributed by atoms with E-state index in [0.717, 1.165) is 38.5 Å². The fraction of sp³-hybridized carbons (Fsp3) is 0.111. The topological polar surface area (TPSA) is 30.2 Å². The average molecular weight is 387 g/mol. The maximum absolute atomic E-state index is 6.41. The molecule has 0 saturated carbocycles. The average Bonchev–Trinajstić information content (AvgIpc) is 2.83. The van der Waals surface area contributed by atoms with Crippen molar-refractivity contribution in [2.24, 2.45) is 4.99 Å². The van der Waals surface area contributed by atoms with Crippen LogP contribution in [-0.4, -0.2) is 15.3 Å². The molecular weight excluding hydrogens is 374 g/mol. The third-order valence-corrected chi connectivity index (χ3v) is 4.70. The molecular formula is C18H13BrClN3. The Balaban J connectivity index is 2.01. The molecule has 2 heterocycles. The molecule has 0 N–H and O–H groups in total. The van der Waals surface area contributed by atoms with Gasteiger partial charge in [-0.25, -0.2) is 4.98 Å². The van der Waals surface area contributed by atoms with E-state index in [1.54, 1.807) is 0 Å². The van der Waals surface area contributed by atoms with Crippen LogP contribution in [0.2, 0.25) is 5.02 Å². The number of benzene rings is 2. The van der Waals surface area contributed by atoms with Crippen LogP contribution in [0.3, 0.4) is 0 Å². The van der Waals surface area contributed by atoms with Crippen molar-refractivity contribution in [3.05, 3.63) is 80.8 Å². The number of halogens is 2. The minimum absolute atomic E-state index is 0.528. The van der Waals surface area contributed by atoms with Gasteiger partial charge in [0.25, 0.3) is 0 Å². The molecule has 0 amide bonds. The van der Waals surface area contributed by atoms with Gasteiger partial charge in [-0.05, 0) is 31.2 Å². The molecule has 0 bridgehead atoms. The minimum Gasteiger partial charge on any atom is -0.301 e. The summed E-state index contributed by atoms with van der Waals surface area (Å²) in [6.45, 7) is 2.53. The fourth-order valence-electron chi connectivity index (χ4n) is 2.89. The van der Waals surface area contributed by atoms with Gasteiger partial charge in [0, 0.05) is 26.8 Å². The van der Waals surface area contributed by atoms with Crippen LogP contribution in [0, 0.1) is 6.92 Å². The van der Waals surface area contributed by atoms with Crippen LogP contribution < -0.4 is 0 Å². The second-order valence-corrected chi connectivity index (χ2v) is 6.80. The lowest BCUT2D eigenvalue weighted by molar-refractivity contribution is 0.878. The van der Waals surface area contributed by atoms with Crippen LogP contribution >= 0.6 is 27.5 Å². The van der Waals surface area contributed by atoms with Crippen LogP contribution in [0.25, 0.3) is 5.69 Å². The number of aryl methyl sites for hydroxylation is 1. The maximum Gasteiger partial charge on any atom is 0.135 e. The number of nitrogens with zero attached hydrogens (tertiary/aromatic N) is 3. The van der Waals surface area contributed by atoms with Gasteiger partial charge in [0.2, 0.25) is 0 Å². The Kier molecular flexibility index (Phi) is 3.58. The van der Waals surface area contributed by atoms with Gasteiger partial charge in [0.15, 0.2) is 0 Å². The molecule has 23 heavy (non-hydrogen) atoms. The monoisotopic (exact) mass is 385 g/mol. The third-order valence-electron chi connectivity index (χ3n) is 3.88. The van der Waals surface area contributed by atoms with E-state index >= 15 is 0 Å². The van der Waals surface area contributed by atoms with Crippen molar-refractivity contribution in [3.63, 3.8) is 0 Å². The van der Waals surface area contributed by atoms with E-state index in [0.29, 0.717) is 11.6 Å². The lowest BCUT2D eigenvalue weighted by Gasteiger charge is -2.13. The first-order valence-corrected chi connectivity index (χ1v) is 8.45. The summed E-state index contributed by atoms with van der Waals surface area (Å²) in [4.78, 5) is 9.41. The van der Waals surface area contributed by atoms with Gasteiger partial charge in [-0.3, -0.25) is 4.99 Å². The van der Waals surface area contributed by atoms with Crippen LogP contribution in [0.15, 0.2) is 58.1 Å². The van der Waals surface area contributed by atoms with Gasteiger partial charge in [-0.2, -0.15) is 0 Å². The highest BCUT2D eigenvalue weighted by molar-refractivity contribution is 9.10. The molecule has 1 aliphatic rings. The summed E-state index contributed by atoms with van der Waals surface area (Å²) in [5.74, 6) is 0.938. The Morgan fingerprint density at radius 2 is 1.96 bits per heavy atom. The normalized spacial score (nSPS) is 13.1. The number of aliphatic imine (C=N–C) groups is 1. The van der Waals surface area contributed by atoms with Gasteiger partial charge < -0.3 is 4.57 Å². The number of hydrogen-bond donors (Lipinski definition) is 0. The molecule has 1 aromatic heterocycles. The molecule has 0 saturated heterocycles. The van der Waals surface area contributed by atoms with E-state index in [9.17, 15) is 0 Å². The zero-order chi connectivity index (χ0) is 16.0. The Hall–Kier alpha value is -1.91. The molecule has 1 aliphatic heterocycles. The molecule has 3 aromatic rings. The highest BCUT2D eigenvalue weighted by Crippen LogP contribution is 2.30. The van der Waals surface area contributed by atoms with Gasteiger partial charge in [0.05, 0.1) is 23.6 Å². The van der Waals surface area contributed by atoms with Crippen molar-refractivity contribution in [2.45, 2.75) is 13.5 Å². The molecule has 114 valence electrons. The molecule has 0 unspecified atom stereocenters. The molecule has 2 aromatic carbocycles. The van der Waals surface area contributed by atoms with Gasteiger partial charge in [-0.15, -0.1) is 0 Å². The maximum atomic E-state index is 6.41. The standard InChI is InChI=1S/C18H13BrClN3/c1-11-10-23-16-7-6-12(19)8-14(16)18(21-9-17(23)22-11)13-4-2-3-5-15(13)20/h2-8,10H,9H2,1H3. The van der Waals surface area contributed by atoms with Crippen LogP contribution in [0.1, 0.15) is 22.6 Å². The Morgan fingerprint density at radius 1 is 1.13 bits per heavy atom. The second kappa shape index (κ2) is 5.62. The summed E-state index contributed by atoms with van der Waals surface area (Å²) in [5, 5.41) is 0.702. The van der Waals surface area contributed by atoms with Crippen LogP contribution in [-0.2, 0) is 6.54 Å². The Labute approximate surface area is 147 Å². The van der Waals surface area contributed by atoms with Gasteiger partial charge in [-0.1, -0.05) is 45.7 Å². The zero-order valence-electron chi connectivity index (χ0n) is 12.4. The molecule has 4 rings (SSSR count). The summed E-state index contributed by atoms with van der Waals surface area (Å²) in [5.41, 5.74) is 4.94. The van der Waals surface area contributed by atoms with Crippen molar-refractivity contribution < 1.29 is 0 Å². The quantitative estimate of drug-likeness (QED) is 0.582. The predicted octanol–water partition coefficient (Wildman–Crippen LogP) is 4.95. The van der Waals surface area contributed by atoms with Gasteiger partial charge in [0.1, 0.15) is 5.82 Å². The molecule has 5 heteroatoms. The zero-order valence-corrected chi connectivity index (χ0v) is 14.8. The van der Waals surface area contributed by atoms with Crippen molar-refractivity contribution >= 4 is 33.2 Å². The smallest absolute Gasteiger partial charge is 0.135 e. The Morgan fingerprint density at radius 3 is 2.78 bits per heavy atom. The number of fused-ring (bicyclic) bond motifs is 3. The molecule has 0 aliphatic carbocycles. The summed E-state index contributed by atoms with van der Waals surface area (Å²) in [6, 6.07) is 14.0. The molecule has 0 spiro atoms. The number of hydrogen-bond acceptors (Lipinski definition) is 2. The first kappa shape index (κ1) is 14.7. The highest BCUT2D eigenvalue weighted by atomic mass is 79.9. The van der Waals surface area contributed by atoms with Crippen molar-refractivity contribution in [1.29, 1.82) is 0 Å². The molecule has 3 nitrogen and oxygen atoms in total. The van der Waals surface area contributed by atoms with E-state index in [1.165, 1.54) is 0 Å². The van der Waals surface area contributed by atoms with E-state index in [-0.39, 0.29) is 0 Å². The Bertz CT molecular complexity index is 943. The minimum atomic E-state index is 0.528. The molecule has 0 radical (unpaired) electrons. The van der Waals surface area contributed by atoms with Crippen LogP contribution in [0.4, 0.5) is 0 Å². The lowest BCUT2D eigenvalue weighted by Crippen LogP contribution is -2.07. The summed E-state index contributed by atoms with van der Waals surface area (Å²) in [6.07, 6.45) is 2.05.